The quantitative estimate of drug-likeness (QED) is 0.0100. The standard InChI is InChI=1S/C12H16BrFN2O.C12H16ClFN2.C11H14BrFN2O.C11H14ClFN2O.C11H12FN3.C11H15FN2O/c1-9(15)16-8-10-3-4-12(11(13)7-10)17-6-2-5-14;1-9(15)16-8-10-4-5-11(3-2-6-14)12(13)7-10;2*1-8(14)15-7-9-2-3-11(10(12)6-9)16-5-4-13;1-8-6-9(2-3-10(8)12)7-15-11-13-4-5-14-11;1-9(13)14-8-10-2-4-11(5-3-10)15-7-6-12/h3-4,7H,2,5-6,8H2,1H3,(H2,15,16);4-5,7H,2-3,6,8H2,1H3,(H2,15,16);2*2-3,6H,4-5,7H2,1H3,(H2,14,15);2-6H,7H2,1H3,(H2,13,14,15);2-5H,6-8H2,1H3,(H2,13,14)/i2*14-1;2*13-1;2*12-1. The van der Waals surface area contributed by atoms with Crippen molar-refractivity contribution in [1.82, 2.24) is 9.97 Å². The maximum Gasteiger partial charge on any atom is 0.200 e. The van der Waals surface area contributed by atoms with Crippen LogP contribution in [0.3, 0.4) is 0 Å². The molecule has 0 aliphatic carbocycles. The van der Waals surface area contributed by atoms with Crippen LogP contribution >= 0.6 is 55.1 Å². The van der Waals surface area contributed by atoms with Gasteiger partial charge in [0.1, 0.15) is 68.7 Å². The molecule has 0 atom stereocenters. The monoisotopic (exact) mass is 1490 g/mol. The van der Waals surface area contributed by atoms with Gasteiger partial charge in [-0.25, -0.2) is 22.5 Å². The number of H-pyrrole nitrogens is 1. The fourth-order valence-corrected chi connectivity index (χ4v) is 8.89. The number of aryl methyl sites for hydroxylation is 2. The van der Waals surface area contributed by atoms with Gasteiger partial charge in [0.25, 0.3) is 0 Å². The number of anilines is 1. The van der Waals surface area contributed by atoms with Gasteiger partial charge >= 0.3 is 0 Å². The highest BCUT2D eigenvalue weighted by atomic mass is 79.9. The topological polar surface area (TPSA) is 270 Å². The molecule has 95 heavy (non-hydrogen) atoms. The van der Waals surface area contributed by atoms with Crippen LogP contribution in [0, 0.1) is 12.7 Å². The number of amidine groups is 5. The number of nitrogens with zero attached hydrogens (tertiary/aromatic N) is 6. The molecule has 6 aromatic carbocycles. The van der Waals surface area contributed by atoms with Gasteiger partial charge in [-0.3, -0.25) is 33.7 Å². The maximum atomic E-state index is 13.0. The van der Waals surface area contributed by atoms with E-state index in [0.717, 1.165) is 59.6 Å². The first-order valence-corrected chi connectivity index (χ1v) is 32.2. The summed E-state index contributed by atoms with van der Waals surface area (Å²) in [5.74, 6) is 5.80. The fourth-order valence-electron chi connectivity index (χ4n) is 7.25. The predicted molar refractivity (Wildman–Crippen MR) is 384 cm³/mol. The van der Waals surface area contributed by atoms with Gasteiger partial charge in [0.15, 0.2) is 5.95 Å². The Hall–Kier alpha value is -8.00. The molecule has 0 fully saturated rings. The van der Waals surface area contributed by atoms with Crippen LogP contribution in [0.5, 0.6) is 23.0 Å². The van der Waals surface area contributed by atoms with Gasteiger partial charge in [0.2, 0.25) is 0 Å². The number of aliphatic imine (C=N–C) groups is 5. The molecule has 1 aromatic heterocycles. The molecule has 1 heterocycles. The zero-order valence-corrected chi connectivity index (χ0v) is 59.0. The van der Waals surface area contributed by atoms with E-state index >= 15 is 0 Å². The average Bonchev–Trinajstić information content (AvgIpc) is 1.25. The number of hydrogen-bond donors (Lipinski definition) is 7. The summed E-state index contributed by atoms with van der Waals surface area (Å²) in [6.45, 7) is 12.1. The lowest BCUT2D eigenvalue weighted by Crippen LogP contribution is -2.05. The van der Waals surface area contributed by atoms with Crippen molar-refractivity contribution in [3.63, 3.8) is 0 Å². The second-order valence-corrected chi connectivity index (χ2v) is 22.8. The number of imidazole rings is 1. The van der Waals surface area contributed by atoms with Gasteiger partial charge in [-0.1, -0.05) is 77.8 Å². The second-order valence-electron chi connectivity index (χ2n) is 20.3. The van der Waals surface area contributed by atoms with Crippen molar-refractivity contribution >= 4 is 90.2 Å². The van der Waals surface area contributed by atoms with Gasteiger partial charge in [-0.15, -0.1) is 0 Å². The van der Waals surface area contributed by atoms with Crippen LogP contribution in [-0.2, 0) is 45.7 Å². The number of nitrogens with one attached hydrogen (secondary N) is 2. The van der Waals surface area contributed by atoms with Crippen LogP contribution in [0.15, 0.2) is 162 Å². The Bertz CT molecular complexity index is 3270. The number of hydrogen-bond acceptors (Lipinski definition) is 11. The van der Waals surface area contributed by atoms with Gasteiger partial charge in [-0.05, 0) is 191 Å². The van der Waals surface area contributed by atoms with Crippen LogP contribution in [0.2, 0.25) is 10.0 Å². The van der Waals surface area contributed by atoms with Gasteiger partial charge in [0, 0.05) is 30.4 Å². The molecule has 0 saturated carbocycles. The number of aromatic nitrogens is 2. The van der Waals surface area contributed by atoms with Crippen molar-refractivity contribution in [3.05, 3.63) is 197 Å². The molecule has 12 N–H and O–H groups in total. The largest absolute Gasteiger partial charge is 0.492 e. The Kier molecular flexibility index (Phi) is 43.3. The minimum Gasteiger partial charge on any atom is -0.492 e. The summed E-state index contributed by atoms with van der Waals surface area (Å²) in [7, 11) is 0. The van der Waals surface area contributed by atoms with Gasteiger partial charge < -0.3 is 57.9 Å². The van der Waals surface area contributed by atoms with Crippen molar-refractivity contribution < 1.29 is 45.3 Å². The number of halogens is 10. The number of nitrogens with two attached hydrogens (primary N) is 5. The maximum absolute atomic E-state index is 13.0. The summed E-state index contributed by atoms with van der Waals surface area (Å²) in [6, 6.07) is 34.7. The van der Waals surface area contributed by atoms with Crippen molar-refractivity contribution in [2.24, 2.45) is 53.6 Å². The van der Waals surface area contributed by atoms with Crippen molar-refractivity contribution in [2.45, 2.75) is 100 Å². The summed E-state index contributed by atoms with van der Waals surface area (Å²) in [6.07, 6.45) is 5.02. The SMILES string of the molecule is CC(N)=NCc1ccc(CCC[18F])c(Cl)c1.CC(N)=NCc1ccc(OCCC[18F])c(Br)c1.CC(N)=NCc1ccc(OCC[18F])c(Br)c1.CC(N)=NCc1ccc(OCC[18F])c(Cl)c1.CC(N)=NCc1ccc(OCC[18F])cc1.Cc1cc(CNc2ncc[nH]2)ccc1[18F]. The zero-order chi connectivity index (χ0) is 70.3. The molecule has 7 rings (SSSR count). The first kappa shape index (κ1) is 83.1. The Morgan fingerprint density at radius 3 is 1.32 bits per heavy atom. The third kappa shape index (κ3) is 38.8. The van der Waals surface area contributed by atoms with E-state index in [1.807, 2.05) is 72.8 Å². The first-order chi connectivity index (χ1) is 45.5. The van der Waals surface area contributed by atoms with Crippen LogP contribution in [0.1, 0.15) is 92.0 Å². The van der Waals surface area contributed by atoms with E-state index in [0.29, 0.717) is 127 Å². The third-order valence-electron chi connectivity index (χ3n) is 11.9. The molecule has 0 radical (unpaired) electrons. The Morgan fingerprint density at radius 1 is 0.484 bits per heavy atom. The number of rotatable bonds is 29. The lowest BCUT2D eigenvalue weighted by molar-refractivity contribution is 0.272. The molecular formula is C68H87Br2Cl2F6N13O4. The van der Waals surface area contributed by atoms with Crippen molar-refractivity contribution in [3.8, 4) is 23.0 Å². The minimum absolute atomic E-state index is 0.0130. The molecule has 0 aliphatic heterocycles. The predicted octanol–water partition coefficient (Wildman–Crippen LogP) is 15.8. The summed E-state index contributed by atoms with van der Waals surface area (Å²) in [5.41, 5.74) is 34.9. The fraction of sp³-hybridized carbons (Fsp3) is 0.353. The van der Waals surface area contributed by atoms with E-state index in [1.165, 1.54) is 6.07 Å². The van der Waals surface area contributed by atoms with E-state index in [4.69, 9.17) is 70.8 Å². The third-order valence-corrected chi connectivity index (χ3v) is 13.8. The minimum atomic E-state index is -0.533. The second kappa shape index (κ2) is 49.5. The van der Waals surface area contributed by atoms with Gasteiger partial charge in [0.05, 0.1) is 95.8 Å². The molecular weight excluding hydrogens is 1400 g/mol. The lowest BCUT2D eigenvalue weighted by Gasteiger charge is -2.08. The van der Waals surface area contributed by atoms with E-state index in [-0.39, 0.29) is 39.0 Å². The van der Waals surface area contributed by atoms with Crippen LogP contribution in [-0.4, -0.2) is 98.9 Å². The highest BCUT2D eigenvalue weighted by Crippen LogP contribution is 2.29. The summed E-state index contributed by atoms with van der Waals surface area (Å²) >= 11 is 18.8. The molecule has 518 valence electrons. The molecule has 7 aromatic rings. The Morgan fingerprint density at radius 2 is 0.895 bits per heavy atom. The Labute approximate surface area is 580 Å². The van der Waals surface area contributed by atoms with Crippen molar-refractivity contribution in [2.75, 3.05) is 65.1 Å². The van der Waals surface area contributed by atoms with Gasteiger partial charge in [-0.2, -0.15) is 0 Å². The molecule has 0 spiro atoms. The highest BCUT2D eigenvalue weighted by molar-refractivity contribution is 9.11. The summed E-state index contributed by atoms with van der Waals surface area (Å²) in [4.78, 5) is 27.4. The summed E-state index contributed by atoms with van der Waals surface area (Å²) < 4.78 is 95.0. The average molecular weight is 1490 g/mol. The van der Waals surface area contributed by atoms with Crippen LogP contribution < -0.4 is 52.9 Å². The molecule has 0 amide bonds. The molecule has 27 heteroatoms. The lowest BCUT2D eigenvalue weighted by atomic mass is 10.1. The first-order valence-electron chi connectivity index (χ1n) is 29.8. The van der Waals surface area contributed by atoms with E-state index in [1.54, 1.807) is 90.3 Å². The number of aromatic amines is 1. The number of alkyl halides is 5. The molecule has 17 nitrogen and oxygen atoms in total. The Balaban J connectivity index is 0.000000388. The van der Waals surface area contributed by atoms with E-state index in [9.17, 15) is 26.3 Å². The molecule has 0 aliphatic rings. The van der Waals surface area contributed by atoms with E-state index < -0.39 is 20.0 Å². The molecule has 0 saturated heterocycles. The number of ether oxygens (including phenoxy) is 4. The van der Waals surface area contributed by atoms with Crippen LogP contribution in [0.4, 0.5) is 32.3 Å². The van der Waals surface area contributed by atoms with E-state index in [2.05, 4.69) is 72.1 Å². The van der Waals surface area contributed by atoms with Crippen molar-refractivity contribution in [1.29, 1.82) is 0 Å². The number of benzene rings is 6. The zero-order valence-electron chi connectivity index (χ0n) is 54.3. The highest BCUT2D eigenvalue weighted by Gasteiger charge is 2.07. The summed E-state index contributed by atoms with van der Waals surface area (Å²) in [5, 5.41) is 4.23. The van der Waals surface area contributed by atoms with Crippen LogP contribution in [0.25, 0.3) is 0 Å². The normalized spacial score (nSPS) is 11.4. The molecule has 0 bridgehead atoms. The smallest absolute Gasteiger partial charge is 0.200 e. The molecule has 0 unspecified atom stereocenters.